The maximum atomic E-state index is 12.3. The van der Waals surface area contributed by atoms with Gasteiger partial charge in [-0.25, -0.2) is 0 Å². The number of alkyl halides is 3. The number of halogens is 3. The van der Waals surface area contributed by atoms with E-state index in [2.05, 4.69) is 0 Å². The summed E-state index contributed by atoms with van der Waals surface area (Å²) >= 11 is 0. The molecule has 0 aliphatic carbocycles. The molecule has 1 atom stereocenters. The molecule has 0 aliphatic heterocycles. The van der Waals surface area contributed by atoms with Crippen molar-refractivity contribution in [3.63, 3.8) is 0 Å². The largest absolute Gasteiger partial charge is 0.416 e. The predicted octanol–water partition coefficient (Wildman–Crippen LogP) is 2.82. The van der Waals surface area contributed by atoms with Gasteiger partial charge in [-0.2, -0.15) is 13.2 Å². The third kappa shape index (κ3) is 4.75. The predicted molar refractivity (Wildman–Crippen MR) is 59.3 cm³/mol. The van der Waals surface area contributed by atoms with Crippen molar-refractivity contribution in [2.45, 2.75) is 19.7 Å². The van der Waals surface area contributed by atoms with Gasteiger partial charge in [-0.15, -0.1) is 0 Å². The topological polar surface area (TPSA) is 35.2 Å². The van der Waals surface area contributed by atoms with E-state index in [1.54, 1.807) is 0 Å². The summed E-state index contributed by atoms with van der Waals surface area (Å²) in [6.45, 7) is 3.31. The van der Waals surface area contributed by atoms with Crippen molar-refractivity contribution in [2.24, 2.45) is 11.7 Å². The smallest absolute Gasteiger partial charge is 0.376 e. The van der Waals surface area contributed by atoms with Gasteiger partial charge in [0.05, 0.1) is 18.8 Å². The summed E-state index contributed by atoms with van der Waals surface area (Å²) in [5.74, 6) is 0.254. The fourth-order valence-electron chi connectivity index (χ4n) is 1.24. The first-order valence-corrected chi connectivity index (χ1v) is 5.37. The Labute approximate surface area is 98.6 Å². The summed E-state index contributed by atoms with van der Waals surface area (Å²) in [5, 5.41) is 0. The zero-order chi connectivity index (χ0) is 12.9. The molecule has 0 aliphatic rings. The van der Waals surface area contributed by atoms with E-state index in [0.717, 1.165) is 17.7 Å². The first kappa shape index (κ1) is 14.0. The van der Waals surface area contributed by atoms with Gasteiger partial charge in [0.15, 0.2) is 0 Å². The molecule has 2 N–H and O–H groups in total. The Morgan fingerprint density at radius 1 is 1.24 bits per heavy atom. The number of nitrogens with two attached hydrogens (primary N) is 1. The van der Waals surface area contributed by atoms with Crippen LogP contribution in [-0.2, 0) is 17.5 Å². The Hall–Kier alpha value is -1.07. The molecule has 1 aromatic carbocycles. The highest BCUT2D eigenvalue weighted by atomic mass is 19.4. The molecule has 0 fully saturated rings. The SMILES string of the molecule is CC(CN)COCc1ccc(C(F)(F)F)cc1. The van der Waals surface area contributed by atoms with Crippen molar-refractivity contribution in [2.75, 3.05) is 13.2 Å². The lowest BCUT2D eigenvalue weighted by Crippen LogP contribution is -2.16. The molecule has 17 heavy (non-hydrogen) atoms. The highest BCUT2D eigenvalue weighted by molar-refractivity contribution is 5.24. The van der Waals surface area contributed by atoms with E-state index in [1.165, 1.54) is 12.1 Å². The maximum absolute atomic E-state index is 12.3. The van der Waals surface area contributed by atoms with Gasteiger partial charge in [0.1, 0.15) is 0 Å². The highest BCUT2D eigenvalue weighted by Crippen LogP contribution is 2.29. The first-order valence-electron chi connectivity index (χ1n) is 5.37. The van der Waals surface area contributed by atoms with Gasteiger partial charge in [-0.05, 0) is 30.2 Å². The Bertz CT molecular complexity index is 335. The van der Waals surface area contributed by atoms with Crippen LogP contribution >= 0.6 is 0 Å². The van der Waals surface area contributed by atoms with E-state index < -0.39 is 11.7 Å². The molecule has 5 heteroatoms. The molecule has 1 unspecified atom stereocenters. The second-order valence-electron chi connectivity index (χ2n) is 4.05. The Balaban J connectivity index is 2.46. The van der Waals surface area contributed by atoms with Crippen LogP contribution < -0.4 is 5.73 Å². The summed E-state index contributed by atoms with van der Waals surface area (Å²) in [6, 6.07) is 4.97. The number of rotatable bonds is 5. The average Bonchev–Trinajstić information content (AvgIpc) is 2.28. The molecular formula is C12H16F3NO. The fraction of sp³-hybridized carbons (Fsp3) is 0.500. The van der Waals surface area contributed by atoms with Crippen LogP contribution in [0.2, 0.25) is 0 Å². The minimum Gasteiger partial charge on any atom is -0.376 e. The summed E-state index contributed by atoms with van der Waals surface area (Å²) in [7, 11) is 0. The third-order valence-corrected chi connectivity index (χ3v) is 2.35. The van der Waals surface area contributed by atoms with Crippen LogP contribution in [0.25, 0.3) is 0 Å². The summed E-state index contributed by atoms with van der Waals surface area (Å²) in [4.78, 5) is 0. The molecular weight excluding hydrogens is 231 g/mol. The molecule has 0 saturated carbocycles. The first-order chi connectivity index (χ1) is 7.93. The molecule has 2 nitrogen and oxygen atoms in total. The molecule has 0 amide bonds. The van der Waals surface area contributed by atoms with Crippen molar-refractivity contribution < 1.29 is 17.9 Å². The number of hydrogen-bond acceptors (Lipinski definition) is 2. The monoisotopic (exact) mass is 247 g/mol. The van der Waals surface area contributed by atoms with E-state index in [-0.39, 0.29) is 5.92 Å². The number of hydrogen-bond donors (Lipinski definition) is 1. The fourth-order valence-corrected chi connectivity index (χ4v) is 1.24. The molecule has 0 heterocycles. The van der Waals surface area contributed by atoms with E-state index in [1.807, 2.05) is 6.92 Å². The van der Waals surface area contributed by atoms with Crippen LogP contribution in [0.1, 0.15) is 18.1 Å². The standard InChI is InChI=1S/C12H16F3NO/c1-9(6-16)7-17-8-10-2-4-11(5-3-10)12(13,14)15/h2-5,9H,6-8,16H2,1H3. The third-order valence-electron chi connectivity index (χ3n) is 2.35. The van der Waals surface area contributed by atoms with Gasteiger partial charge >= 0.3 is 6.18 Å². The number of benzene rings is 1. The molecule has 1 aromatic rings. The average molecular weight is 247 g/mol. The van der Waals surface area contributed by atoms with Gasteiger partial charge in [0.25, 0.3) is 0 Å². The minimum atomic E-state index is -4.28. The van der Waals surface area contributed by atoms with Crippen LogP contribution in [0, 0.1) is 5.92 Å². The molecule has 0 bridgehead atoms. The van der Waals surface area contributed by atoms with Crippen molar-refractivity contribution in [3.8, 4) is 0 Å². The minimum absolute atomic E-state index is 0.254. The second kappa shape index (κ2) is 6.02. The van der Waals surface area contributed by atoms with Crippen LogP contribution in [0.4, 0.5) is 13.2 Å². The molecule has 0 saturated heterocycles. The van der Waals surface area contributed by atoms with E-state index >= 15 is 0 Å². The highest BCUT2D eigenvalue weighted by Gasteiger charge is 2.29. The van der Waals surface area contributed by atoms with E-state index in [9.17, 15) is 13.2 Å². The van der Waals surface area contributed by atoms with Crippen LogP contribution in [0.15, 0.2) is 24.3 Å². The second-order valence-corrected chi connectivity index (χ2v) is 4.05. The van der Waals surface area contributed by atoms with Crippen LogP contribution in [0.3, 0.4) is 0 Å². The van der Waals surface area contributed by atoms with Gasteiger partial charge in [0, 0.05) is 0 Å². The van der Waals surface area contributed by atoms with E-state index in [0.29, 0.717) is 19.8 Å². The van der Waals surface area contributed by atoms with Crippen LogP contribution in [0.5, 0.6) is 0 Å². The molecule has 1 rings (SSSR count). The van der Waals surface area contributed by atoms with Gasteiger partial charge in [0.2, 0.25) is 0 Å². The Morgan fingerprint density at radius 2 is 1.82 bits per heavy atom. The summed E-state index contributed by atoms with van der Waals surface area (Å²) < 4.78 is 42.2. The van der Waals surface area contributed by atoms with Gasteiger partial charge in [-0.1, -0.05) is 19.1 Å². The lowest BCUT2D eigenvalue weighted by Gasteiger charge is -2.10. The van der Waals surface area contributed by atoms with Gasteiger partial charge in [-0.3, -0.25) is 0 Å². The molecule has 0 spiro atoms. The summed E-state index contributed by atoms with van der Waals surface area (Å²) in [5.41, 5.74) is 5.50. The quantitative estimate of drug-likeness (QED) is 0.868. The molecule has 0 aromatic heterocycles. The zero-order valence-corrected chi connectivity index (χ0v) is 9.63. The van der Waals surface area contributed by atoms with Gasteiger partial charge < -0.3 is 10.5 Å². The van der Waals surface area contributed by atoms with Crippen molar-refractivity contribution in [1.29, 1.82) is 0 Å². The van der Waals surface area contributed by atoms with Crippen LogP contribution in [-0.4, -0.2) is 13.2 Å². The number of ether oxygens (including phenoxy) is 1. The molecule has 96 valence electrons. The summed E-state index contributed by atoms with van der Waals surface area (Å²) in [6.07, 6.45) is -4.28. The lowest BCUT2D eigenvalue weighted by atomic mass is 10.1. The maximum Gasteiger partial charge on any atom is 0.416 e. The van der Waals surface area contributed by atoms with Crippen molar-refractivity contribution in [3.05, 3.63) is 35.4 Å². The Kier molecular flexibility index (Phi) is 4.96. The van der Waals surface area contributed by atoms with E-state index in [4.69, 9.17) is 10.5 Å². The van der Waals surface area contributed by atoms with Crippen molar-refractivity contribution in [1.82, 2.24) is 0 Å². The lowest BCUT2D eigenvalue weighted by molar-refractivity contribution is -0.137. The Morgan fingerprint density at radius 3 is 2.29 bits per heavy atom. The molecule has 0 radical (unpaired) electrons. The normalized spacial score (nSPS) is 13.7. The zero-order valence-electron chi connectivity index (χ0n) is 9.63. The van der Waals surface area contributed by atoms with Crippen molar-refractivity contribution >= 4 is 0 Å².